The van der Waals surface area contributed by atoms with Crippen LogP contribution in [0.15, 0.2) is 59.1 Å². The van der Waals surface area contributed by atoms with Gasteiger partial charge in [-0.1, -0.05) is 52.8 Å². The minimum absolute atomic E-state index is 0.293. The maximum Gasteiger partial charge on any atom is 0.355 e. The molecule has 28 heavy (non-hydrogen) atoms. The number of carbonyl (C=O) groups excluding carboxylic acids is 1. The first-order chi connectivity index (χ1) is 13.6. The highest BCUT2D eigenvalue weighted by atomic mass is 79.9. The molecule has 0 bridgehead atoms. The molecule has 4 rings (SSSR count). The summed E-state index contributed by atoms with van der Waals surface area (Å²) in [6, 6.07) is 17.5. The first-order valence-corrected chi connectivity index (χ1v) is 9.62. The quantitative estimate of drug-likeness (QED) is 0.305. The fourth-order valence-electron chi connectivity index (χ4n) is 3.36. The molecule has 2 aromatic carbocycles. The molecule has 4 aromatic rings. The van der Waals surface area contributed by atoms with Gasteiger partial charge in [0.2, 0.25) is 5.65 Å². The van der Waals surface area contributed by atoms with Gasteiger partial charge in [-0.25, -0.2) is 4.79 Å². The van der Waals surface area contributed by atoms with Gasteiger partial charge in [0.1, 0.15) is 5.69 Å². The Bertz CT molecular complexity index is 1250. The highest BCUT2D eigenvalue weighted by Gasteiger charge is 2.21. The van der Waals surface area contributed by atoms with Crippen molar-refractivity contribution in [2.45, 2.75) is 13.5 Å². The molecule has 0 aliphatic carbocycles. The van der Waals surface area contributed by atoms with E-state index in [-0.39, 0.29) is 0 Å². The van der Waals surface area contributed by atoms with Gasteiger partial charge in [0.05, 0.1) is 13.2 Å². The van der Waals surface area contributed by atoms with Crippen molar-refractivity contribution in [3.05, 3.63) is 81.7 Å². The summed E-state index contributed by atoms with van der Waals surface area (Å²) in [6.07, 6.45) is 0. The van der Waals surface area contributed by atoms with Gasteiger partial charge in [-0.3, -0.25) is 4.57 Å². The number of fused-ring (bicyclic) bond motifs is 2. The molecule has 0 amide bonds. The minimum Gasteiger partial charge on any atom is -0.461 e. The predicted octanol–water partition coefficient (Wildman–Crippen LogP) is 5.73. The number of hydrogen-bond acceptors (Lipinski definition) is 3. The summed E-state index contributed by atoms with van der Waals surface area (Å²) in [4.78, 5) is 20.4. The summed E-state index contributed by atoms with van der Waals surface area (Å²) in [5, 5.41) is 3.01. The fourth-order valence-corrected chi connectivity index (χ4v) is 3.89. The second-order valence-corrected chi connectivity index (χ2v) is 7.23. The van der Waals surface area contributed by atoms with E-state index in [1.165, 1.54) is 0 Å². The molecule has 0 radical (unpaired) electrons. The first kappa shape index (κ1) is 18.2. The number of rotatable bonds is 4. The standard InChI is InChI=1S/C22H16BrN3O2/c1-3-28-22(27)19-12-15-8-9-20(24-2)25-21(15)26(19)13-16-11-17(23)10-14-6-4-5-7-18(14)16/h4-12H,3,13H2,1H3. The number of benzene rings is 2. The van der Waals surface area contributed by atoms with Crippen LogP contribution in [-0.2, 0) is 11.3 Å². The maximum atomic E-state index is 12.6. The Hall–Kier alpha value is -3.17. The summed E-state index contributed by atoms with van der Waals surface area (Å²) in [7, 11) is 0. The molecule has 2 aromatic heterocycles. The summed E-state index contributed by atoms with van der Waals surface area (Å²) < 4.78 is 8.04. The Morgan fingerprint density at radius 3 is 2.79 bits per heavy atom. The number of halogens is 1. The van der Waals surface area contributed by atoms with Crippen LogP contribution in [0.1, 0.15) is 23.0 Å². The molecular formula is C22H16BrN3O2. The minimum atomic E-state index is -0.399. The third-order valence-electron chi connectivity index (χ3n) is 4.57. The Kier molecular flexibility index (Phi) is 4.84. The van der Waals surface area contributed by atoms with Gasteiger partial charge < -0.3 is 9.58 Å². The summed E-state index contributed by atoms with van der Waals surface area (Å²) in [5.74, 6) is -0.106. The van der Waals surface area contributed by atoms with Crippen molar-refractivity contribution in [2.75, 3.05) is 6.61 Å². The topological polar surface area (TPSA) is 48.5 Å². The Balaban J connectivity index is 1.94. The van der Waals surface area contributed by atoms with Gasteiger partial charge in [-0.15, -0.1) is 4.98 Å². The fraction of sp³-hybridized carbons (Fsp3) is 0.136. The number of nitrogens with zero attached hydrogens (tertiary/aromatic N) is 3. The molecule has 0 saturated heterocycles. The normalized spacial score (nSPS) is 10.9. The lowest BCUT2D eigenvalue weighted by atomic mass is 10.0. The highest BCUT2D eigenvalue weighted by Crippen LogP contribution is 2.28. The lowest BCUT2D eigenvalue weighted by Crippen LogP contribution is -2.13. The van der Waals surface area contributed by atoms with E-state index in [9.17, 15) is 4.79 Å². The molecule has 0 aliphatic heterocycles. The molecule has 0 aliphatic rings. The number of esters is 1. The molecule has 2 heterocycles. The zero-order valence-corrected chi connectivity index (χ0v) is 16.7. The van der Waals surface area contributed by atoms with Crippen LogP contribution in [0.5, 0.6) is 0 Å². The number of pyridine rings is 1. The number of aromatic nitrogens is 2. The second kappa shape index (κ2) is 7.45. The van der Waals surface area contributed by atoms with Crippen LogP contribution in [0, 0.1) is 6.57 Å². The molecule has 0 saturated carbocycles. The van der Waals surface area contributed by atoms with Crippen molar-refractivity contribution < 1.29 is 9.53 Å². The van der Waals surface area contributed by atoms with E-state index >= 15 is 0 Å². The average Bonchev–Trinajstić information content (AvgIpc) is 3.05. The number of ether oxygens (including phenoxy) is 1. The molecule has 5 nitrogen and oxygen atoms in total. The molecule has 0 fully saturated rings. The molecule has 0 atom stereocenters. The van der Waals surface area contributed by atoms with Crippen LogP contribution in [-0.4, -0.2) is 22.1 Å². The average molecular weight is 434 g/mol. The van der Waals surface area contributed by atoms with Crippen molar-refractivity contribution in [3.63, 3.8) is 0 Å². The van der Waals surface area contributed by atoms with E-state index < -0.39 is 5.97 Å². The van der Waals surface area contributed by atoms with Gasteiger partial charge in [0.25, 0.3) is 5.82 Å². The monoisotopic (exact) mass is 433 g/mol. The van der Waals surface area contributed by atoms with Crippen molar-refractivity contribution in [2.24, 2.45) is 0 Å². The van der Waals surface area contributed by atoms with Crippen molar-refractivity contribution >= 4 is 49.5 Å². The SMILES string of the molecule is [C-]#[N+]c1ccc2cc(C(=O)OCC)n(Cc3cc(Br)cc4ccccc34)c2n1. The lowest BCUT2D eigenvalue weighted by Gasteiger charge is -2.12. The Morgan fingerprint density at radius 1 is 1.18 bits per heavy atom. The van der Waals surface area contributed by atoms with Crippen molar-refractivity contribution in [1.29, 1.82) is 0 Å². The van der Waals surface area contributed by atoms with E-state index in [2.05, 4.69) is 44.0 Å². The van der Waals surface area contributed by atoms with Crippen LogP contribution in [0.3, 0.4) is 0 Å². The van der Waals surface area contributed by atoms with Crippen molar-refractivity contribution in [1.82, 2.24) is 9.55 Å². The van der Waals surface area contributed by atoms with E-state index in [1.807, 2.05) is 28.8 Å². The zero-order valence-electron chi connectivity index (χ0n) is 15.1. The van der Waals surface area contributed by atoms with Gasteiger partial charge in [-0.05, 0) is 47.5 Å². The van der Waals surface area contributed by atoms with Gasteiger partial charge in [0, 0.05) is 9.86 Å². The lowest BCUT2D eigenvalue weighted by molar-refractivity contribution is 0.0515. The third kappa shape index (κ3) is 3.25. The smallest absolute Gasteiger partial charge is 0.355 e. The van der Waals surface area contributed by atoms with Crippen LogP contribution in [0.2, 0.25) is 0 Å². The van der Waals surface area contributed by atoms with E-state index in [0.717, 1.165) is 26.2 Å². The molecule has 0 unspecified atom stereocenters. The molecule has 138 valence electrons. The predicted molar refractivity (Wildman–Crippen MR) is 113 cm³/mol. The van der Waals surface area contributed by atoms with Crippen LogP contribution in [0.4, 0.5) is 5.82 Å². The van der Waals surface area contributed by atoms with Gasteiger partial charge >= 0.3 is 5.97 Å². The summed E-state index contributed by atoms with van der Waals surface area (Å²) >= 11 is 3.58. The highest BCUT2D eigenvalue weighted by molar-refractivity contribution is 9.10. The van der Waals surface area contributed by atoms with Gasteiger partial charge in [-0.2, -0.15) is 0 Å². The van der Waals surface area contributed by atoms with E-state index in [1.54, 1.807) is 19.1 Å². The van der Waals surface area contributed by atoms with E-state index in [4.69, 9.17) is 11.3 Å². The third-order valence-corrected chi connectivity index (χ3v) is 5.03. The maximum absolute atomic E-state index is 12.6. The number of hydrogen-bond donors (Lipinski definition) is 0. The van der Waals surface area contributed by atoms with Gasteiger partial charge in [0.15, 0.2) is 0 Å². The molecular weight excluding hydrogens is 418 g/mol. The van der Waals surface area contributed by atoms with Crippen LogP contribution >= 0.6 is 15.9 Å². The summed E-state index contributed by atoms with van der Waals surface area (Å²) in [6.45, 7) is 9.77. The largest absolute Gasteiger partial charge is 0.461 e. The second-order valence-electron chi connectivity index (χ2n) is 6.32. The van der Waals surface area contributed by atoms with Crippen LogP contribution < -0.4 is 0 Å². The van der Waals surface area contributed by atoms with E-state index in [0.29, 0.717) is 30.3 Å². The van der Waals surface area contributed by atoms with Crippen molar-refractivity contribution in [3.8, 4) is 0 Å². The van der Waals surface area contributed by atoms with Crippen LogP contribution in [0.25, 0.3) is 26.7 Å². The molecule has 6 heteroatoms. The zero-order chi connectivity index (χ0) is 19.7. The molecule has 0 N–H and O–H groups in total. The summed E-state index contributed by atoms with van der Waals surface area (Å²) in [5.41, 5.74) is 2.07. The number of carbonyl (C=O) groups is 1. The molecule has 0 spiro atoms. The Labute approximate surface area is 170 Å². The first-order valence-electron chi connectivity index (χ1n) is 8.82. The Morgan fingerprint density at radius 2 is 2.00 bits per heavy atom.